The predicted octanol–water partition coefficient (Wildman–Crippen LogP) is 4.81. The highest BCUT2D eigenvalue weighted by Gasteiger charge is 2.40. The van der Waals surface area contributed by atoms with Crippen LogP contribution >= 0.6 is 48.0 Å². The minimum atomic E-state index is -4.11. The largest absolute Gasteiger partial charge is 0.487 e. The van der Waals surface area contributed by atoms with Gasteiger partial charge in [0.25, 0.3) is 0 Å². The number of nitrogens with two attached hydrogens (primary N) is 1. The maximum absolute atomic E-state index is 13.7. The second-order valence-electron chi connectivity index (χ2n) is 9.52. The van der Waals surface area contributed by atoms with Gasteiger partial charge in [-0.25, -0.2) is 13.4 Å². The molecule has 0 aliphatic carbocycles. The van der Waals surface area contributed by atoms with Crippen molar-refractivity contribution in [2.24, 2.45) is 5.73 Å². The third-order valence-electron chi connectivity index (χ3n) is 6.66. The summed E-state index contributed by atoms with van der Waals surface area (Å²) in [6.07, 6.45) is 2.32. The van der Waals surface area contributed by atoms with Crippen molar-refractivity contribution >= 4 is 80.8 Å². The van der Waals surface area contributed by atoms with Crippen LogP contribution in [0, 0.1) is 12.3 Å². The van der Waals surface area contributed by atoms with Crippen LogP contribution in [0.3, 0.4) is 0 Å². The number of halogens is 4. The molecule has 15 heteroatoms. The first kappa shape index (κ1) is 35.7. The number of unbranched alkanes of at least 4 members (excludes halogenated alkanes) is 1. The molecule has 1 aromatic heterocycles. The van der Waals surface area contributed by atoms with Gasteiger partial charge in [-0.3, -0.25) is 10.2 Å². The standard InChI is InChI=1S/C27H32Cl2N6O4S.2ClH/c1-17-9-10-18-6-4-8-22(25(18)34-17)39-16-19-20(28)11-12-23(24(19)29)40(37,38)35-15-5-7-21(35)26(36)32-13-2-3-14-33-27(30)31;;/h4,6,8-12,21H,2-3,5,7,13-16H2,1H3,(H,32,36)(H4,30,31,33);2*1H/t21-;;/m0../s1. The van der Waals surface area contributed by atoms with Gasteiger partial charge >= 0.3 is 0 Å². The highest BCUT2D eigenvalue weighted by molar-refractivity contribution is 7.89. The average Bonchev–Trinajstić information content (AvgIpc) is 3.41. The summed E-state index contributed by atoms with van der Waals surface area (Å²) in [7, 11) is -4.11. The highest BCUT2D eigenvalue weighted by atomic mass is 35.5. The summed E-state index contributed by atoms with van der Waals surface area (Å²) in [4.78, 5) is 17.3. The number of amides is 1. The number of sulfonamides is 1. The van der Waals surface area contributed by atoms with Crippen molar-refractivity contribution in [1.82, 2.24) is 19.9 Å². The van der Waals surface area contributed by atoms with Gasteiger partial charge in [-0.05, 0) is 56.9 Å². The predicted molar refractivity (Wildman–Crippen MR) is 171 cm³/mol. The van der Waals surface area contributed by atoms with Gasteiger partial charge in [-0.2, -0.15) is 4.31 Å². The minimum absolute atomic E-state index is 0. The summed E-state index contributed by atoms with van der Waals surface area (Å²) in [6.45, 7) is 2.92. The zero-order chi connectivity index (χ0) is 28.9. The van der Waals surface area contributed by atoms with E-state index in [2.05, 4.69) is 15.6 Å². The molecule has 2 aromatic carbocycles. The molecule has 0 radical (unpaired) electrons. The van der Waals surface area contributed by atoms with Gasteiger partial charge in [0, 0.05) is 41.3 Å². The van der Waals surface area contributed by atoms with E-state index in [0.717, 1.165) is 11.1 Å². The van der Waals surface area contributed by atoms with Crippen molar-refractivity contribution in [2.45, 2.75) is 50.2 Å². The average molecular weight is 680 g/mol. The SMILES string of the molecule is Cc1ccc2cccc(OCc3c(Cl)ccc(S(=O)(=O)N4CCC[C@H]4C(=O)NCCCCNC(=N)N)c3Cl)c2n1.Cl.Cl. The van der Waals surface area contributed by atoms with E-state index >= 15 is 0 Å². The summed E-state index contributed by atoms with van der Waals surface area (Å²) in [5.74, 6) is 0.0648. The molecule has 0 bridgehead atoms. The Bertz CT molecular complexity index is 1530. The molecule has 1 amide bonds. The summed E-state index contributed by atoms with van der Waals surface area (Å²) in [5, 5.41) is 13.8. The number of benzene rings is 2. The monoisotopic (exact) mass is 678 g/mol. The third kappa shape index (κ3) is 8.30. The molecule has 0 unspecified atom stereocenters. The number of hydrogen-bond acceptors (Lipinski definition) is 6. The van der Waals surface area contributed by atoms with Crippen LogP contribution in [0.5, 0.6) is 5.75 Å². The first-order chi connectivity index (χ1) is 19.1. The van der Waals surface area contributed by atoms with Crippen LogP contribution in [0.4, 0.5) is 0 Å². The Labute approximate surface area is 268 Å². The van der Waals surface area contributed by atoms with Crippen molar-refractivity contribution in [2.75, 3.05) is 19.6 Å². The molecular weight excluding hydrogens is 646 g/mol. The molecule has 5 N–H and O–H groups in total. The smallest absolute Gasteiger partial charge is 0.245 e. The Kier molecular flexibility index (Phi) is 13.4. The normalized spacial score (nSPS) is 15.0. The molecule has 3 aromatic rings. The fraction of sp³-hybridized carbons (Fsp3) is 0.370. The second kappa shape index (κ2) is 15.8. The summed E-state index contributed by atoms with van der Waals surface area (Å²) >= 11 is 13.1. The molecule has 1 fully saturated rings. The first-order valence-corrected chi connectivity index (χ1v) is 15.1. The van der Waals surface area contributed by atoms with E-state index in [1.165, 1.54) is 16.4 Å². The minimum Gasteiger partial charge on any atom is -0.487 e. The van der Waals surface area contributed by atoms with Crippen LogP contribution in [0.15, 0.2) is 47.4 Å². The van der Waals surface area contributed by atoms with Gasteiger partial charge in [0.05, 0.1) is 5.02 Å². The molecule has 0 spiro atoms. The van der Waals surface area contributed by atoms with Crippen molar-refractivity contribution in [3.63, 3.8) is 0 Å². The second-order valence-corrected chi connectivity index (χ2v) is 12.2. The number of nitrogens with zero attached hydrogens (tertiary/aromatic N) is 2. The van der Waals surface area contributed by atoms with Gasteiger partial charge in [-0.1, -0.05) is 41.4 Å². The van der Waals surface area contributed by atoms with Crippen LogP contribution in [-0.2, 0) is 21.4 Å². The van der Waals surface area contributed by atoms with Crippen molar-refractivity contribution in [3.05, 3.63) is 63.8 Å². The summed E-state index contributed by atoms with van der Waals surface area (Å²) < 4.78 is 34.7. The molecule has 1 atom stereocenters. The van der Waals surface area contributed by atoms with Gasteiger partial charge in [0.15, 0.2) is 5.96 Å². The molecule has 1 saturated heterocycles. The number of aryl methyl sites for hydroxylation is 1. The van der Waals surface area contributed by atoms with Gasteiger partial charge in [-0.15, -0.1) is 24.8 Å². The number of rotatable bonds is 11. The van der Waals surface area contributed by atoms with Crippen LogP contribution in [0.25, 0.3) is 10.9 Å². The topological polar surface area (TPSA) is 150 Å². The number of ether oxygens (including phenoxy) is 1. The number of fused-ring (bicyclic) bond motifs is 1. The zero-order valence-corrected chi connectivity index (χ0v) is 26.8. The van der Waals surface area contributed by atoms with E-state index in [1.54, 1.807) is 6.07 Å². The number of para-hydroxylation sites is 1. The van der Waals surface area contributed by atoms with Crippen molar-refractivity contribution < 1.29 is 17.9 Å². The lowest BCUT2D eigenvalue weighted by Gasteiger charge is -2.24. The zero-order valence-electron chi connectivity index (χ0n) is 22.9. The van der Waals surface area contributed by atoms with E-state index < -0.39 is 16.1 Å². The quantitative estimate of drug-likeness (QED) is 0.129. The Morgan fingerprint density at radius 1 is 1.12 bits per heavy atom. The third-order valence-corrected chi connectivity index (χ3v) is 9.50. The van der Waals surface area contributed by atoms with E-state index in [0.29, 0.717) is 55.6 Å². The molecule has 42 heavy (non-hydrogen) atoms. The molecular formula is C27H34Cl4N6O4S. The van der Waals surface area contributed by atoms with E-state index in [-0.39, 0.29) is 64.8 Å². The first-order valence-electron chi connectivity index (χ1n) is 12.9. The van der Waals surface area contributed by atoms with Crippen LogP contribution < -0.4 is 21.1 Å². The Hall–Kier alpha value is -2.54. The Morgan fingerprint density at radius 3 is 2.55 bits per heavy atom. The Morgan fingerprint density at radius 2 is 1.83 bits per heavy atom. The maximum atomic E-state index is 13.7. The molecule has 1 aliphatic heterocycles. The number of nitrogens with one attached hydrogen (secondary N) is 3. The lowest BCUT2D eigenvalue weighted by molar-refractivity contribution is -0.124. The van der Waals surface area contributed by atoms with Crippen LogP contribution in [-0.4, -0.2) is 55.2 Å². The molecule has 10 nitrogen and oxygen atoms in total. The molecule has 0 saturated carbocycles. The van der Waals surface area contributed by atoms with Crippen molar-refractivity contribution in [1.29, 1.82) is 5.41 Å². The molecule has 2 heterocycles. The fourth-order valence-corrected chi connectivity index (χ4v) is 7.13. The Balaban J connectivity index is 0.00000308. The van der Waals surface area contributed by atoms with Gasteiger partial charge in [0.1, 0.15) is 28.8 Å². The van der Waals surface area contributed by atoms with E-state index in [9.17, 15) is 13.2 Å². The number of hydrogen-bond donors (Lipinski definition) is 4. The van der Waals surface area contributed by atoms with Gasteiger partial charge in [0.2, 0.25) is 15.9 Å². The molecule has 1 aliphatic rings. The lowest BCUT2D eigenvalue weighted by atomic mass is 10.2. The number of pyridine rings is 1. The number of carbonyl (C=O) groups excluding carboxylic acids is 1. The van der Waals surface area contributed by atoms with E-state index in [1.807, 2.05) is 31.2 Å². The summed E-state index contributed by atoms with van der Waals surface area (Å²) in [6, 6.07) is 11.4. The maximum Gasteiger partial charge on any atom is 0.245 e. The number of guanidine groups is 1. The number of carbonyl (C=O) groups is 1. The van der Waals surface area contributed by atoms with Gasteiger partial charge < -0.3 is 21.1 Å². The highest BCUT2D eigenvalue weighted by Crippen LogP contribution is 2.36. The van der Waals surface area contributed by atoms with Crippen LogP contribution in [0.1, 0.15) is 36.9 Å². The van der Waals surface area contributed by atoms with Crippen molar-refractivity contribution in [3.8, 4) is 5.75 Å². The molecule has 230 valence electrons. The fourth-order valence-electron chi connectivity index (χ4n) is 4.61. The summed E-state index contributed by atoms with van der Waals surface area (Å²) in [5.41, 5.74) is 7.09. The molecule has 4 rings (SSSR count). The van der Waals surface area contributed by atoms with Crippen LogP contribution in [0.2, 0.25) is 10.0 Å². The van der Waals surface area contributed by atoms with E-state index in [4.69, 9.17) is 39.1 Å². The number of aromatic nitrogens is 1. The lowest BCUT2D eigenvalue weighted by Crippen LogP contribution is -2.46.